The lowest BCUT2D eigenvalue weighted by molar-refractivity contribution is -0.118. The summed E-state index contributed by atoms with van der Waals surface area (Å²) in [4.78, 5) is 25.7. The summed E-state index contributed by atoms with van der Waals surface area (Å²) in [7, 11) is -4.32. The number of sulfonamides is 1. The molecule has 0 fully saturated rings. The monoisotopic (exact) mass is 467 g/mol. The van der Waals surface area contributed by atoms with Crippen LogP contribution in [0.25, 0.3) is 11.1 Å². The van der Waals surface area contributed by atoms with Crippen LogP contribution in [-0.4, -0.2) is 31.5 Å². The second-order valence-corrected chi connectivity index (χ2v) is 8.56. The summed E-state index contributed by atoms with van der Waals surface area (Å²) in [6.45, 7) is 0. The molecule has 1 amide bonds. The van der Waals surface area contributed by atoms with E-state index in [1.165, 1.54) is 24.4 Å². The second kappa shape index (κ2) is 8.58. The van der Waals surface area contributed by atoms with Crippen molar-refractivity contribution >= 4 is 33.3 Å². The van der Waals surface area contributed by atoms with E-state index in [0.717, 1.165) is 6.07 Å². The van der Waals surface area contributed by atoms with E-state index in [9.17, 15) is 26.8 Å². The third kappa shape index (κ3) is 4.66. The SMILES string of the molecule is NC(=O)C(c1ccc(-c2c[nH]c(C(=O)C(F)F)c2)c(S(N)(=O)=O)c1)c1ccccc1Cl. The number of amides is 1. The fourth-order valence-electron chi connectivity index (χ4n) is 3.21. The molecule has 1 heterocycles. The van der Waals surface area contributed by atoms with Crippen LogP contribution in [0, 0.1) is 0 Å². The van der Waals surface area contributed by atoms with Gasteiger partial charge in [0, 0.05) is 22.3 Å². The fourth-order valence-corrected chi connectivity index (χ4v) is 4.25. The van der Waals surface area contributed by atoms with Gasteiger partial charge in [-0.05, 0) is 29.3 Å². The quantitative estimate of drug-likeness (QED) is 0.460. The first-order chi connectivity index (χ1) is 14.5. The van der Waals surface area contributed by atoms with E-state index >= 15 is 0 Å². The molecule has 0 spiro atoms. The molecule has 0 radical (unpaired) electrons. The minimum absolute atomic E-state index is 0.0539. The van der Waals surface area contributed by atoms with Crippen LogP contribution in [0.1, 0.15) is 27.5 Å². The summed E-state index contributed by atoms with van der Waals surface area (Å²) in [5.74, 6) is -3.27. The smallest absolute Gasteiger partial charge is 0.302 e. The van der Waals surface area contributed by atoms with Crippen LogP contribution in [0.2, 0.25) is 5.02 Å². The molecule has 1 atom stereocenters. The maximum absolute atomic E-state index is 12.7. The number of primary sulfonamides is 1. The van der Waals surface area contributed by atoms with Gasteiger partial charge in [0.05, 0.1) is 16.5 Å². The van der Waals surface area contributed by atoms with Crippen LogP contribution >= 0.6 is 11.6 Å². The van der Waals surface area contributed by atoms with Gasteiger partial charge >= 0.3 is 6.43 Å². The Bertz CT molecular complexity index is 1270. The molecule has 1 aromatic heterocycles. The fraction of sp³-hybridized carbons (Fsp3) is 0.100. The predicted molar refractivity (Wildman–Crippen MR) is 110 cm³/mol. The molecule has 0 bridgehead atoms. The molecular formula is C20H16ClF2N3O4S. The first-order valence-corrected chi connectivity index (χ1v) is 10.6. The van der Waals surface area contributed by atoms with E-state index in [0.29, 0.717) is 5.56 Å². The van der Waals surface area contributed by atoms with Crippen LogP contribution in [0.4, 0.5) is 8.78 Å². The van der Waals surface area contributed by atoms with Crippen LogP contribution in [-0.2, 0) is 14.8 Å². The van der Waals surface area contributed by atoms with Gasteiger partial charge in [-0.15, -0.1) is 0 Å². The van der Waals surface area contributed by atoms with Gasteiger partial charge in [0.2, 0.25) is 21.7 Å². The highest BCUT2D eigenvalue weighted by Crippen LogP contribution is 2.35. The number of nitrogens with two attached hydrogens (primary N) is 2. The molecule has 7 nitrogen and oxygen atoms in total. The lowest BCUT2D eigenvalue weighted by Crippen LogP contribution is -2.23. The number of halogens is 3. The van der Waals surface area contributed by atoms with Crippen molar-refractivity contribution in [3.63, 3.8) is 0 Å². The number of H-pyrrole nitrogens is 1. The molecule has 31 heavy (non-hydrogen) atoms. The van der Waals surface area contributed by atoms with Gasteiger partial charge < -0.3 is 10.7 Å². The number of ketones is 1. The molecule has 0 saturated heterocycles. The Kier molecular flexibility index (Phi) is 6.25. The topological polar surface area (TPSA) is 136 Å². The van der Waals surface area contributed by atoms with E-state index < -0.39 is 34.1 Å². The van der Waals surface area contributed by atoms with Gasteiger partial charge in [0.1, 0.15) is 0 Å². The number of carbonyl (C=O) groups is 2. The van der Waals surface area contributed by atoms with Crippen LogP contribution in [0.5, 0.6) is 0 Å². The Labute approximate surface area is 181 Å². The maximum atomic E-state index is 12.7. The number of hydrogen-bond donors (Lipinski definition) is 3. The summed E-state index contributed by atoms with van der Waals surface area (Å²) < 4.78 is 49.9. The Morgan fingerprint density at radius 1 is 1.06 bits per heavy atom. The van der Waals surface area contributed by atoms with Crippen molar-refractivity contribution in [2.75, 3.05) is 0 Å². The number of aromatic nitrogens is 1. The van der Waals surface area contributed by atoms with Gasteiger partial charge in [0.15, 0.2) is 0 Å². The minimum Gasteiger partial charge on any atom is -0.369 e. The lowest BCUT2D eigenvalue weighted by atomic mass is 9.89. The Morgan fingerprint density at radius 2 is 1.74 bits per heavy atom. The number of nitrogens with one attached hydrogen (secondary N) is 1. The number of primary amides is 1. The summed E-state index contributed by atoms with van der Waals surface area (Å²) in [6, 6.07) is 11.5. The number of aromatic amines is 1. The number of hydrogen-bond acceptors (Lipinski definition) is 4. The highest BCUT2D eigenvalue weighted by Gasteiger charge is 2.27. The van der Waals surface area contributed by atoms with Crippen molar-refractivity contribution in [1.82, 2.24) is 4.98 Å². The number of rotatable bonds is 7. The highest BCUT2D eigenvalue weighted by atomic mass is 35.5. The zero-order valence-electron chi connectivity index (χ0n) is 15.7. The Hall–Kier alpha value is -3.08. The predicted octanol–water partition coefficient (Wildman–Crippen LogP) is 3.05. The van der Waals surface area contributed by atoms with Crippen molar-refractivity contribution in [1.29, 1.82) is 0 Å². The minimum atomic E-state index is -4.32. The van der Waals surface area contributed by atoms with E-state index in [2.05, 4.69) is 4.98 Å². The van der Waals surface area contributed by atoms with Crippen molar-refractivity contribution in [2.24, 2.45) is 10.9 Å². The maximum Gasteiger partial charge on any atom is 0.302 e. The number of alkyl halides is 2. The standard InChI is InChI=1S/C20H16ClF2N3O4S/c21-14-4-2-1-3-13(14)17(20(24)28)10-5-6-12(16(8-10)31(25,29)30)11-7-15(26-9-11)18(27)19(22)23/h1-9,17,19,26H,(H2,24,28)(H2,25,29,30). The number of carbonyl (C=O) groups excluding carboxylic acids is 2. The van der Waals surface area contributed by atoms with Crippen LogP contribution in [0.15, 0.2) is 59.6 Å². The largest absolute Gasteiger partial charge is 0.369 e. The molecule has 2 aromatic carbocycles. The summed E-state index contributed by atoms with van der Waals surface area (Å²) in [5, 5.41) is 5.61. The third-order valence-corrected chi connectivity index (χ3v) is 5.90. The molecule has 3 rings (SSSR count). The van der Waals surface area contributed by atoms with E-state index in [1.807, 2.05) is 0 Å². The average molecular weight is 468 g/mol. The molecular weight excluding hydrogens is 452 g/mol. The molecule has 5 N–H and O–H groups in total. The van der Waals surface area contributed by atoms with E-state index in [4.69, 9.17) is 22.5 Å². The van der Waals surface area contributed by atoms with Crippen molar-refractivity contribution < 1.29 is 26.8 Å². The average Bonchev–Trinajstić information content (AvgIpc) is 3.18. The highest BCUT2D eigenvalue weighted by molar-refractivity contribution is 7.89. The van der Waals surface area contributed by atoms with Gasteiger partial charge in [0.25, 0.3) is 0 Å². The number of benzene rings is 2. The lowest BCUT2D eigenvalue weighted by Gasteiger charge is -2.18. The second-order valence-electron chi connectivity index (χ2n) is 6.62. The van der Waals surface area contributed by atoms with Crippen molar-refractivity contribution in [3.05, 3.63) is 76.6 Å². The molecule has 3 aromatic rings. The Balaban J connectivity index is 2.17. The van der Waals surface area contributed by atoms with Gasteiger partial charge in [-0.1, -0.05) is 41.9 Å². The zero-order chi connectivity index (χ0) is 22.9. The number of Topliss-reactive ketones (excluding diaryl/α,β-unsaturated/α-hetero) is 1. The van der Waals surface area contributed by atoms with Crippen LogP contribution < -0.4 is 10.9 Å². The normalized spacial score (nSPS) is 12.7. The van der Waals surface area contributed by atoms with Gasteiger partial charge in [-0.25, -0.2) is 22.3 Å². The van der Waals surface area contributed by atoms with Crippen molar-refractivity contribution in [2.45, 2.75) is 17.2 Å². The van der Waals surface area contributed by atoms with Gasteiger partial charge in [-0.3, -0.25) is 9.59 Å². The molecule has 0 aliphatic rings. The molecule has 11 heteroatoms. The first-order valence-electron chi connectivity index (χ1n) is 8.72. The van der Waals surface area contributed by atoms with Crippen molar-refractivity contribution in [3.8, 4) is 11.1 Å². The summed E-state index contributed by atoms with van der Waals surface area (Å²) in [5.41, 5.74) is 5.95. The molecule has 1 unspecified atom stereocenters. The summed E-state index contributed by atoms with van der Waals surface area (Å²) >= 11 is 6.18. The van der Waals surface area contributed by atoms with Crippen LogP contribution in [0.3, 0.4) is 0 Å². The molecule has 0 aliphatic carbocycles. The van der Waals surface area contributed by atoms with E-state index in [-0.39, 0.29) is 32.3 Å². The summed E-state index contributed by atoms with van der Waals surface area (Å²) in [6.07, 6.45) is -2.02. The molecule has 162 valence electrons. The first kappa shape index (κ1) is 22.6. The molecule has 0 aliphatic heterocycles. The van der Waals surface area contributed by atoms with Gasteiger partial charge in [-0.2, -0.15) is 0 Å². The Morgan fingerprint density at radius 3 is 2.32 bits per heavy atom. The third-order valence-electron chi connectivity index (χ3n) is 4.60. The molecule has 0 saturated carbocycles. The van der Waals surface area contributed by atoms with E-state index in [1.54, 1.807) is 24.3 Å². The zero-order valence-corrected chi connectivity index (χ0v) is 17.3.